The summed E-state index contributed by atoms with van der Waals surface area (Å²) in [5.74, 6) is -0.511. The summed E-state index contributed by atoms with van der Waals surface area (Å²) in [6.45, 7) is 7.97. The lowest BCUT2D eigenvalue weighted by atomic mass is 9.72. The largest absolute Gasteiger partial charge is 0.491 e. The van der Waals surface area contributed by atoms with Crippen LogP contribution in [0.15, 0.2) is 158 Å². The summed E-state index contributed by atoms with van der Waals surface area (Å²) in [7, 11) is 1.66. The number of unbranched alkanes of at least 4 members (excludes halogenated alkanes) is 8. The Bertz CT molecular complexity index is 6570. The number of benzene rings is 17. The van der Waals surface area contributed by atoms with Gasteiger partial charge in [0.05, 0.1) is 97.0 Å². The first kappa shape index (κ1) is 73.6. The van der Waals surface area contributed by atoms with Crippen LogP contribution in [0.4, 0.5) is 17.1 Å². The molecule has 0 N–H and O–H groups in total. The third kappa shape index (κ3) is 12.6. The van der Waals surface area contributed by atoms with E-state index in [1.165, 1.54) is 192 Å². The van der Waals surface area contributed by atoms with Crippen LogP contribution in [0.1, 0.15) is 115 Å². The number of ether oxygens (including phenoxy) is 8. The van der Waals surface area contributed by atoms with E-state index in [4.69, 9.17) is 37.9 Å². The molecule has 19 heteroatoms. The molecule has 0 radical (unpaired) electrons. The average Bonchev–Trinajstić information content (AvgIpc) is 0.717. The highest BCUT2D eigenvalue weighted by molar-refractivity contribution is 6.61. The van der Waals surface area contributed by atoms with Gasteiger partial charge in [-0.15, -0.1) is 0 Å². The number of ketones is 1. The Labute approximate surface area is 654 Å². The Kier molecular flexibility index (Phi) is 20.0. The summed E-state index contributed by atoms with van der Waals surface area (Å²) in [5, 5.41) is 67.7. The molecule has 1 aliphatic carbocycles. The van der Waals surface area contributed by atoms with E-state index in [1.54, 1.807) is 7.11 Å². The minimum Gasteiger partial charge on any atom is -0.491 e. The van der Waals surface area contributed by atoms with Crippen molar-refractivity contribution in [2.75, 3.05) is 86.4 Å². The molecule has 18 rings (SSSR count). The number of methoxy groups -OCH3 is 1. The lowest BCUT2D eigenvalue weighted by Crippen LogP contribution is -2.15. The molecule has 0 aromatic heterocycles. The lowest BCUT2D eigenvalue weighted by Gasteiger charge is -2.30. The third-order valence-electron chi connectivity index (χ3n) is 23.5. The zero-order valence-corrected chi connectivity index (χ0v) is 63.9. The van der Waals surface area contributed by atoms with Crippen molar-refractivity contribution in [1.82, 2.24) is 0 Å². The zero-order valence-electron chi connectivity index (χ0n) is 63.9. The molecule has 0 spiro atoms. The zero-order chi connectivity index (χ0) is 78.0. The molecule has 0 unspecified atom stereocenters. The van der Waals surface area contributed by atoms with E-state index in [0.29, 0.717) is 51.5 Å². The Balaban J connectivity index is 0.673. The van der Waals surface area contributed by atoms with Crippen LogP contribution in [0.2, 0.25) is 0 Å². The van der Waals surface area contributed by atoms with Gasteiger partial charge >= 0.3 is 5.97 Å². The molecule has 0 heterocycles. The number of rotatable bonds is 38. The Hall–Kier alpha value is -11.8. The van der Waals surface area contributed by atoms with Crippen LogP contribution in [-0.4, -0.2) is 113 Å². The van der Waals surface area contributed by atoms with E-state index in [0.717, 1.165) is 71.9 Å². The second kappa shape index (κ2) is 30.9. The van der Waals surface area contributed by atoms with Gasteiger partial charge in [-0.3, -0.25) is 35.1 Å². The molecule has 114 heavy (non-hydrogen) atoms. The second-order valence-electron chi connectivity index (χ2n) is 30.2. The second-order valence-corrected chi connectivity index (χ2v) is 30.2. The summed E-state index contributed by atoms with van der Waals surface area (Å²) in [6.07, 6.45) is 14.0. The van der Waals surface area contributed by atoms with Crippen molar-refractivity contribution >= 4 is 158 Å². The molecular weight excluding hydrogens is 1440 g/mol. The quantitative estimate of drug-likeness (QED) is 0.00873. The van der Waals surface area contributed by atoms with Crippen LogP contribution >= 0.6 is 0 Å². The first-order valence-electron chi connectivity index (χ1n) is 39.8. The van der Waals surface area contributed by atoms with Crippen LogP contribution in [0.3, 0.4) is 0 Å². The van der Waals surface area contributed by atoms with Gasteiger partial charge in [-0.1, -0.05) is 150 Å². The average molecular weight is 1520 g/mol. The number of esters is 1. The smallest absolute Gasteiger partial charge is 0.338 e. The number of aryl methyl sites for hydroxylation is 2. The van der Waals surface area contributed by atoms with E-state index < -0.39 is 65.8 Å². The molecule has 0 fully saturated rings. The molecule has 19 nitrogen and oxygen atoms in total. The van der Waals surface area contributed by atoms with E-state index in [1.807, 2.05) is 12.1 Å². The van der Waals surface area contributed by atoms with E-state index >= 15 is 0 Å². The van der Waals surface area contributed by atoms with Gasteiger partial charge in [-0.2, -0.15) is 0 Å². The topological polar surface area (TPSA) is 237 Å². The lowest BCUT2D eigenvalue weighted by molar-refractivity contribution is -0.394. The van der Waals surface area contributed by atoms with Crippen molar-refractivity contribution in [3.63, 3.8) is 0 Å². The van der Waals surface area contributed by atoms with Gasteiger partial charge in [0.2, 0.25) is 0 Å². The predicted octanol–water partition coefficient (Wildman–Crippen LogP) is 22.8. The molecule has 0 saturated heterocycles. The Morgan fingerprint density at radius 2 is 0.763 bits per heavy atom. The molecule has 17 aromatic carbocycles. The SMILES string of the molecule is CCCCCCCc1cc2c3cccc4c5cc(-c6ccc(OCCOCCOCCOC(=O)c7cc8c(c([N+](=O)[O-])c7)-c7c(cc([N+](=O)[O-])cc7[N+](=O)[O-])C8=O)cc6)cc6c7cc(-c8ccc(OCCOCCOCCOC)cc8)cc8c9c(CCCCCCC)ccc%10c%11cccc%12c(c1)c2c1c(c34)c(c56)c(c78)c(c%109)c1c%12%11. The minimum atomic E-state index is -1.02. The molecule has 0 amide bonds. The fourth-order valence-electron chi connectivity index (χ4n) is 18.6. The predicted molar refractivity (Wildman–Crippen MR) is 451 cm³/mol. The van der Waals surface area contributed by atoms with Crippen molar-refractivity contribution in [1.29, 1.82) is 0 Å². The number of nitro benzene ring substituents is 3. The summed E-state index contributed by atoms with van der Waals surface area (Å²) >= 11 is 0. The van der Waals surface area contributed by atoms with Gasteiger partial charge < -0.3 is 37.9 Å². The fourth-order valence-corrected chi connectivity index (χ4v) is 18.6. The Morgan fingerprint density at radius 1 is 0.351 bits per heavy atom. The molecule has 0 aliphatic heterocycles. The van der Waals surface area contributed by atoms with Crippen LogP contribution in [0, 0.1) is 30.3 Å². The van der Waals surface area contributed by atoms with Crippen molar-refractivity contribution in [3.8, 4) is 44.9 Å². The van der Waals surface area contributed by atoms with Gasteiger partial charge in [-0.05, 0) is 243 Å². The van der Waals surface area contributed by atoms with Gasteiger partial charge in [0.15, 0.2) is 5.78 Å². The normalized spacial score (nSPS) is 12.6. The standard InChI is InChI=1S/C95H83N3O16/c1-4-6-8-10-12-16-54-44-69-65-19-14-18-64-68-31-26-57(17-13-11-9-7-5-2)79-74-49-59(56-24-29-63(30-25-56)113-41-38-109-35-34-108-33-32-107-3)48-73-72-47-58(46-71-67-21-15-20-66-70(45-54)82(69)90-88(81(66)67)91(83(71)72)92(84(73)74)93(87(68)79)89(90)80(64)65)55-22-27-62(28-23-55)112-42-39-110-36-37-111-40-43-114-95(100)60-50-75-85(77(51-60)97(103)104)86-76(94(75)99)52-61(96(101)102)53-78(86)98(105)106/h14-15,18-31,44-53H,4-13,16-17,32-43H2,1-3H3. The summed E-state index contributed by atoms with van der Waals surface area (Å²) < 4.78 is 46.0. The number of nitro groups is 3. The molecule has 1 aliphatic rings. The van der Waals surface area contributed by atoms with Crippen LogP contribution in [0.25, 0.3) is 163 Å². The fraction of sp³-hybridized carbons (Fsp3) is 0.284. The van der Waals surface area contributed by atoms with E-state index in [9.17, 15) is 39.9 Å². The number of hydrogen-bond acceptors (Lipinski definition) is 16. The third-order valence-corrected chi connectivity index (χ3v) is 23.5. The number of hydrogen-bond donors (Lipinski definition) is 0. The minimum absolute atomic E-state index is 0.0617. The number of nitrogens with zero attached hydrogens (tertiary/aromatic N) is 3. The van der Waals surface area contributed by atoms with Gasteiger partial charge in [-0.25, -0.2) is 4.79 Å². The first-order valence-corrected chi connectivity index (χ1v) is 39.8. The molecular formula is C95H83N3O16. The first-order chi connectivity index (χ1) is 55.8. The maximum atomic E-state index is 13.5. The molecule has 0 saturated carbocycles. The number of non-ortho nitro benzene ring substituents is 1. The van der Waals surface area contributed by atoms with Crippen molar-refractivity contribution in [2.24, 2.45) is 0 Å². The van der Waals surface area contributed by atoms with Crippen LogP contribution < -0.4 is 9.47 Å². The maximum absolute atomic E-state index is 13.5. The monoisotopic (exact) mass is 1520 g/mol. The maximum Gasteiger partial charge on any atom is 0.338 e. The van der Waals surface area contributed by atoms with Crippen molar-refractivity contribution in [2.45, 2.75) is 90.9 Å². The highest BCUT2D eigenvalue weighted by atomic mass is 16.6. The van der Waals surface area contributed by atoms with Gasteiger partial charge in [0.1, 0.15) is 31.3 Å². The van der Waals surface area contributed by atoms with Crippen molar-refractivity contribution < 1.29 is 62.3 Å². The van der Waals surface area contributed by atoms with Crippen LogP contribution in [0.5, 0.6) is 11.5 Å². The van der Waals surface area contributed by atoms with E-state index in [2.05, 4.69) is 135 Å². The Morgan fingerprint density at radius 3 is 1.27 bits per heavy atom. The molecule has 0 atom stereocenters. The number of fused-ring (bicyclic) bond motifs is 9. The summed E-state index contributed by atoms with van der Waals surface area (Å²) in [5.41, 5.74) is 2.75. The molecule has 17 aromatic rings. The van der Waals surface area contributed by atoms with Gasteiger partial charge in [0.25, 0.3) is 17.1 Å². The van der Waals surface area contributed by atoms with Gasteiger partial charge in [0, 0.05) is 30.4 Å². The number of carbonyl (C=O) groups is 2. The highest BCUT2D eigenvalue weighted by Crippen LogP contribution is 2.62. The van der Waals surface area contributed by atoms with Crippen molar-refractivity contribution in [3.05, 3.63) is 216 Å². The van der Waals surface area contributed by atoms with E-state index in [-0.39, 0.29) is 45.2 Å². The van der Waals surface area contributed by atoms with Crippen LogP contribution in [-0.2, 0) is 41.3 Å². The highest BCUT2D eigenvalue weighted by Gasteiger charge is 2.42. The molecule has 574 valence electrons. The number of carbonyl (C=O) groups excluding carboxylic acids is 2. The summed E-state index contributed by atoms with van der Waals surface area (Å²) in [4.78, 5) is 59.9. The summed E-state index contributed by atoms with van der Waals surface area (Å²) in [6, 6.07) is 54.5. The molecule has 0 bridgehead atoms.